The molecule has 0 radical (unpaired) electrons. The number of benzene rings is 1. The topological polar surface area (TPSA) is 109 Å². The van der Waals surface area contributed by atoms with Crippen LogP contribution in [0.2, 0.25) is 0 Å². The Morgan fingerprint density at radius 3 is 2.68 bits per heavy atom. The first-order valence-electron chi connectivity index (χ1n) is 7.62. The van der Waals surface area contributed by atoms with E-state index in [0.717, 1.165) is 0 Å². The van der Waals surface area contributed by atoms with Gasteiger partial charge in [0.25, 0.3) is 5.91 Å². The summed E-state index contributed by atoms with van der Waals surface area (Å²) in [4.78, 5) is 38.7. The van der Waals surface area contributed by atoms with Gasteiger partial charge in [-0.25, -0.2) is 4.68 Å². The van der Waals surface area contributed by atoms with Crippen molar-refractivity contribution in [2.45, 2.75) is 12.5 Å². The number of carbonyl (C=O) groups excluding carboxylic acids is 2. The summed E-state index contributed by atoms with van der Waals surface area (Å²) in [6.45, 7) is 0.0125. The van der Waals surface area contributed by atoms with Crippen LogP contribution in [0.5, 0.6) is 0 Å². The van der Waals surface area contributed by atoms with Crippen LogP contribution in [0.15, 0.2) is 30.5 Å². The second kappa shape index (κ2) is 6.34. The fraction of sp³-hybridized carbons (Fsp3) is 0.312. The molecule has 1 aromatic carbocycles. The number of fused-ring (bicyclic) bond motifs is 1. The number of aliphatic carboxylic acids is 1. The number of hydrogen-bond acceptors (Lipinski definition) is 5. The van der Waals surface area contributed by atoms with Gasteiger partial charge in [0.1, 0.15) is 12.5 Å². The smallest absolute Gasteiger partial charge is 0.312 e. The molecular formula is C16H17N5O4. The highest BCUT2D eigenvalue weighted by atomic mass is 16.4. The minimum Gasteiger partial charge on any atom is -0.481 e. The van der Waals surface area contributed by atoms with Gasteiger partial charge < -0.3 is 14.9 Å². The summed E-state index contributed by atoms with van der Waals surface area (Å²) in [6, 6.07) is 6.89. The Morgan fingerprint density at radius 1 is 1.28 bits per heavy atom. The van der Waals surface area contributed by atoms with Gasteiger partial charge in [0.05, 0.1) is 6.20 Å². The maximum absolute atomic E-state index is 12.7. The van der Waals surface area contributed by atoms with E-state index in [0.29, 0.717) is 11.3 Å². The quantitative estimate of drug-likeness (QED) is 0.849. The average molecular weight is 343 g/mol. The van der Waals surface area contributed by atoms with Gasteiger partial charge in [-0.1, -0.05) is 23.4 Å². The van der Waals surface area contributed by atoms with Crippen molar-refractivity contribution in [3.8, 4) is 0 Å². The fourth-order valence-electron chi connectivity index (χ4n) is 2.70. The van der Waals surface area contributed by atoms with E-state index in [1.807, 2.05) is 0 Å². The second-order valence-corrected chi connectivity index (χ2v) is 5.95. The molecule has 25 heavy (non-hydrogen) atoms. The van der Waals surface area contributed by atoms with Crippen LogP contribution in [0.4, 0.5) is 5.69 Å². The van der Waals surface area contributed by atoms with Gasteiger partial charge in [-0.05, 0) is 11.6 Å². The summed E-state index contributed by atoms with van der Waals surface area (Å²) in [5.41, 5.74) is 1.21. The van der Waals surface area contributed by atoms with Gasteiger partial charge in [0.2, 0.25) is 5.91 Å². The third-order valence-electron chi connectivity index (χ3n) is 4.07. The number of aromatic nitrogens is 3. The van der Waals surface area contributed by atoms with Gasteiger partial charge in [0.15, 0.2) is 5.69 Å². The Morgan fingerprint density at radius 2 is 2.00 bits per heavy atom. The Hall–Kier alpha value is -3.23. The first kappa shape index (κ1) is 16.6. The molecule has 1 N–H and O–H groups in total. The zero-order valence-corrected chi connectivity index (χ0v) is 13.8. The summed E-state index contributed by atoms with van der Waals surface area (Å²) in [5, 5.41) is 17.0. The molecule has 0 saturated heterocycles. The van der Waals surface area contributed by atoms with Crippen molar-refractivity contribution in [1.29, 1.82) is 0 Å². The monoisotopic (exact) mass is 343 g/mol. The van der Waals surface area contributed by atoms with E-state index in [4.69, 9.17) is 0 Å². The van der Waals surface area contributed by atoms with Crippen molar-refractivity contribution >= 4 is 23.5 Å². The number of anilines is 1. The summed E-state index contributed by atoms with van der Waals surface area (Å²) < 4.78 is 1.28. The molecule has 0 fully saturated rings. The van der Waals surface area contributed by atoms with Crippen molar-refractivity contribution in [3.63, 3.8) is 0 Å². The van der Waals surface area contributed by atoms with E-state index in [-0.39, 0.29) is 24.7 Å². The summed E-state index contributed by atoms with van der Waals surface area (Å²) >= 11 is 0. The first-order valence-corrected chi connectivity index (χ1v) is 7.62. The molecule has 1 aliphatic heterocycles. The van der Waals surface area contributed by atoms with Crippen molar-refractivity contribution in [2.75, 3.05) is 25.5 Å². The number of amides is 2. The van der Waals surface area contributed by atoms with Crippen molar-refractivity contribution in [1.82, 2.24) is 19.9 Å². The standard InChI is InChI=1S/C16H17N5O4/c1-19(2)14(22)9-20-8-12(17-18-20)15(23)21-7-11(16(24)25)10-5-3-4-6-13(10)21/h3-6,8,11H,7,9H2,1-2H3,(H,24,25). The van der Waals surface area contributed by atoms with Crippen LogP contribution in [0.25, 0.3) is 0 Å². The number of rotatable bonds is 4. The lowest BCUT2D eigenvalue weighted by molar-refractivity contribution is -0.138. The highest BCUT2D eigenvalue weighted by Crippen LogP contribution is 2.36. The highest BCUT2D eigenvalue weighted by Gasteiger charge is 2.37. The average Bonchev–Trinajstić information content (AvgIpc) is 3.18. The fourth-order valence-corrected chi connectivity index (χ4v) is 2.70. The van der Waals surface area contributed by atoms with E-state index in [1.165, 1.54) is 20.7 Å². The predicted molar refractivity (Wildman–Crippen MR) is 87.2 cm³/mol. The Bertz CT molecular complexity index is 845. The van der Waals surface area contributed by atoms with Crippen LogP contribution >= 0.6 is 0 Å². The molecule has 0 bridgehead atoms. The van der Waals surface area contributed by atoms with E-state index in [2.05, 4.69) is 10.3 Å². The molecule has 1 aliphatic rings. The molecule has 9 heteroatoms. The SMILES string of the molecule is CN(C)C(=O)Cn1cc(C(=O)N2CC(C(=O)O)c3ccccc32)nn1. The lowest BCUT2D eigenvalue weighted by Gasteiger charge is -2.15. The largest absolute Gasteiger partial charge is 0.481 e. The van der Waals surface area contributed by atoms with Gasteiger partial charge in [0, 0.05) is 26.3 Å². The molecule has 2 heterocycles. The molecule has 130 valence electrons. The second-order valence-electron chi connectivity index (χ2n) is 5.95. The van der Waals surface area contributed by atoms with Crippen molar-refractivity contribution in [2.24, 2.45) is 0 Å². The van der Waals surface area contributed by atoms with Crippen LogP contribution in [0.3, 0.4) is 0 Å². The molecule has 9 nitrogen and oxygen atoms in total. The van der Waals surface area contributed by atoms with E-state index < -0.39 is 17.8 Å². The highest BCUT2D eigenvalue weighted by molar-refractivity contribution is 6.07. The number of likely N-dealkylation sites (N-methyl/N-ethyl adjacent to an activating group) is 1. The summed E-state index contributed by atoms with van der Waals surface area (Å²) in [7, 11) is 3.25. The number of carboxylic acids is 1. The minimum absolute atomic E-state index is 0.0262. The molecule has 2 amide bonds. The van der Waals surface area contributed by atoms with Gasteiger partial charge in [-0.3, -0.25) is 14.4 Å². The van der Waals surface area contributed by atoms with Gasteiger partial charge in [-0.2, -0.15) is 0 Å². The molecule has 1 unspecified atom stereocenters. The maximum Gasteiger partial charge on any atom is 0.312 e. The number of carboxylic acid groups (broad SMARTS) is 1. The normalized spacial score (nSPS) is 15.8. The lowest BCUT2D eigenvalue weighted by Crippen LogP contribution is -2.31. The van der Waals surface area contributed by atoms with Gasteiger partial charge >= 0.3 is 5.97 Å². The van der Waals surface area contributed by atoms with Crippen LogP contribution in [-0.2, 0) is 16.1 Å². The molecule has 2 aromatic rings. The third kappa shape index (κ3) is 3.08. The molecule has 0 aliphatic carbocycles. The summed E-state index contributed by atoms with van der Waals surface area (Å²) in [6.07, 6.45) is 1.39. The Balaban J connectivity index is 1.84. The number of hydrogen-bond donors (Lipinski definition) is 1. The van der Waals surface area contributed by atoms with Gasteiger partial charge in [-0.15, -0.1) is 5.10 Å². The first-order chi connectivity index (χ1) is 11.9. The third-order valence-corrected chi connectivity index (χ3v) is 4.07. The molecule has 3 rings (SSSR count). The Kier molecular flexibility index (Phi) is 4.22. The Labute approximate surface area is 143 Å². The molecule has 0 spiro atoms. The number of carbonyl (C=O) groups is 3. The van der Waals surface area contributed by atoms with Crippen molar-refractivity contribution in [3.05, 3.63) is 41.7 Å². The van der Waals surface area contributed by atoms with Crippen LogP contribution < -0.4 is 4.90 Å². The van der Waals surface area contributed by atoms with Crippen LogP contribution in [-0.4, -0.2) is 63.4 Å². The lowest BCUT2D eigenvalue weighted by atomic mass is 10.0. The van der Waals surface area contributed by atoms with Crippen LogP contribution in [0, 0.1) is 0 Å². The molecule has 0 saturated carbocycles. The van der Waals surface area contributed by atoms with E-state index in [9.17, 15) is 19.5 Å². The van der Waals surface area contributed by atoms with Crippen molar-refractivity contribution < 1.29 is 19.5 Å². The molecular weight excluding hydrogens is 326 g/mol. The maximum atomic E-state index is 12.7. The predicted octanol–water partition coefficient (Wildman–Crippen LogP) is 0.195. The zero-order chi connectivity index (χ0) is 18.1. The van der Waals surface area contributed by atoms with E-state index >= 15 is 0 Å². The van der Waals surface area contributed by atoms with E-state index in [1.54, 1.807) is 38.4 Å². The minimum atomic E-state index is -0.983. The molecule has 1 aromatic heterocycles. The summed E-state index contributed by atoms with van der Waals surface area (Å²) in [5.74, 6) is -2.38. The molecule has 1 atom stereocenters. The van der Waals surface area contributed by atoms with Crippen LogP contribution in [0.1, 0.15) is 22.0 Å². The number of para-hydroxylation sites is 1. The zero-order valence-electron chi connectivity index (χ0n) is 13.8. The number of nitrogens with zero attached hydrogens (tertiary/aromatic N) is 5.